The Morgan fingerprint density at radius 2 is 1.68 bits per heavy atom. The molecule has 4 heteroatoms. The third-order valence-electron chi connectivity index (χ3n) is 4.57. The fourth-order valence-corrected chi connectivity index (χ4v) is 3.43. The van der Waals surface area contributed by atoms with Crippen LogP contribution in [0.1, 0.15) is 30.9 Å². The first-order valence-electron chi connectivity index (χ1n) is 8.65. The van der Waals surface area contributed by atoms with Crippen LogP contribution in [-0.2, 0) is 9.53 Å². The summed E-state index contributed by atoms with van der Waals surface area (Å²) >= 11 is 5.92. The van der Waals surface area contributed by atoms with Crippen molar-refractivity contribution in [3.63, 3.8) is 0 Å². The maximum atomic E-state index is 12.6. The largest absolute Gasteiger partial charge is 0.464 e. The number of rotatable bonds is 7. The van der Waals surface area contributed by atoms with Gasteiger partial charge in [-0.05, 0) is 25.7 Å². The predicted octanol–water partition coefficient (Wildman–Crippen LogP) is 4.47. The summed E-state index contributed by atoms with van der Waals surface area (Å²) in [5, 5.41) is 0. The predicted molar refractivity (Wildman–Crippen MR) is 101 cm³/mol. The van der Waals surface area contributed by atoms with Gasteiger partial charge in [-0.3, -0.25) is 4.99 Å². The van der Waals surface area contributed by atoms with Gasteiger partial charge in [0.15, 0.2) is 5.54 Å². The molecule has 2 atom stereocenters. The highest BCUT2D eigenvalue weighted by atomic mass is 35.5. The van der Waals surface area contributed by atoms with Crippen molar-refractivity contribution in [3.8, 4) is 0 Å². The molecule has 25 heavy (non-hydrogen) atoms. The second kappa shape index (κ2) is 7.83. The average Bonchev–Trinajstić information content (AvgIpc) is 3.36. The lowest BCUT2D eigenvalue weighted by atomic mass is 10.0. The van der Waals surface area contributed by atoms with Crippen LogP contribution in [0.15, 0.2) is 65.7 Å². The van der Waals surface area contributed by atoms with E-state index in [-0.39, 0.29) is 11.9 Å². The minimum absolute atomic E-state index is 0.145. The molecule has 0 bridgehead atoms. The molecule has 0 N–H and O–H groups in total. The number of carbonyl (C=O) groups excluding carboxylic acids is 1. The van der Waals surface area contributed by atoms with E-state index in [4.69, 9.17) is 21.3 Å². The molecular weight excluding hydrogens is 334 g/mol. The smallest absolute Gasteiger partial charge is 0.334 e. The zero-order chi connectivity index (χ0) is 17.7. The highest BCUT2D eigenvalue weighted by Gasteiger charge is 2.61. The van der Waals surface area contributed by atoms with Crippen LogP contribution >= 0.6 is 11.6 Å². The van der Waals surface area contributed by atoms with Gasteiger partial charge in [-0.2, -0.15) is 0 Å². The maximum Gasteiger partial charge on any atom is 0.334 e. The van der Waals surface area contributed by atoms with Crippen LogP contribution in [-0.4, -0.2) is 29.7 Å². The Balaban J connectivity index is 2.06. The summed E-state index contributed by atoms with van der Waals surface area (Å²) in [5.41, 5.74) is 2.01. The standard InChI is InChI=1S/C21H22ClNO2/c1-2-25-20(24)21(15-18(21)13-14-22)23-19(16-9-5-3-6-10-16)17-11-7-4-8-12-17/h3-12,18H,2,13-15H2,1H3/t18?,21-/m0/s1. The van der Waals surface area contributed by atoms with Crippen molar-refractivity contribution >= 4 is 23.3 Å². The number of benzene rings is 2. The van der Waals surface area contributed by atoms with Crippen LogP contribution in [0.2, 0.25) is 0 Å². The summed E-state index contributed by atoms with van der Waals surface area (Å²) in [5.74, 6) is 0.425. The minimum atomic E-state index is -0.800. The molecule has 2 aromatic rings. The van der Waals surface area contributed by atoms with E-state index in [1.54, 1.807) is 0 Å². The first-order chi connectivity index (χ1) is 12.2. The van der Waals surface area contributed by atoms with Gasteiger partial charge in [-0.15, -0.1) is 11.6 Å². The lowest BCUT2D eigenvalue weighted by molar-refractivity contribution is -0.146. The number of hydrogen-bond acceptors (Lipinski definition) is 3. The summed E-state index contributed by atoms with van der Waals surface area (Å²) in [7, 11) is 0. The monoisotopic (exact) mass is 355 g/mol. The first-order valence-corrected chi connectivity index (χ1v) is 9.18. The quantitative estimate of drug-likeness (QED) is 0.417. The van der Waals surface area contributed by atoms with Crippen LogP contribution < -0.4 is 0 Å². The molecular formula is C21H22ClNO2. The molecule has 3 nitrogen and oxygen atoms in total. The van der Waals surface area contributed by atoms with Crippen molar-refractivity contribution in [2.45, 2.75) is 25.3 Å². The van der Waals surface area contributed by atoms with Gasteiger partial charge >= 0.3 is 5.97 Å². The molecule has 0 aromatic heterocycles. The second-order valence-corrected chi connectivity index (χ2v) is 6.59. The molecule has 0 heterocycles. The lowest BCUT2D eigenvalue weighted by Crippen LogP contribution is -2.28. The summed E-state index contributed by atoms with van der Waals surface area (Å²) < 4.78 is 5.33. The Bertz CT molecular complexity index is 704. The van der Waals surface area contributed by atoms with E-state index in [1.807, 2.05) is 67.6 Å². The van der Waals surface area contributed by atoms with Gasteiger partial charge in [0.25, 0.3) is 0 Å². The Morgan fingerprint density at radius 1 is 1.12 bits per heavy atom. The van der Waals surface area contributed by atoms with Crippen molar-refractivity contribution in [3.05, 3.63) is 71.8 Å². The SMILES string of the molecule is CCOC(=O)[C@]1(N=C(c2ccccc2)c2ccccc2)CC1CCCl. The van der Waals surface area contributed by atoms with Crippen LogP contribution in [0.3, 0.4) is 0 Å². The third kappa shape index (κ3) is 3.77. The average molecular weight is 356 g/mol. The van der Waals surface area contributed by atoms with Crippen molar-refractivity contribution in [2.24, 2.45) is 10.9 Å². The molecule has 130 valence electrons. The molecule has 1 aliphatic carbocycles. The van der Waals surface area contributed by atoms with E-state index < -0.39 is 5.54 Å². The van der Waals surface area contributed by atoms with Crippen LogP contribution in [0, 0.1) is 5.92 Å². The number of ether oxygens (including phenoxy) is 1. The topological polar surface area (TPSA) is 38.7 Å². The van der Waals surface area contributed by atoms with Crippen molar-refractivity contribution in [1.82, 2.24) is 0 Å². The number of aliphatic imine (C=N–C) groups is 1. The molecule has 1 aliphatic rings. The van der Waals surface area contributed by atoms with Gasteiger partial charge < -0.3 is 4.74 Å². The molecule has 0 aliphatic heterocycles. The first kappa shape index (κ1) is 17.7. The molecule has 1 unspecified atom stereocenters. The molecule has 0 saturated heterocycles. The minimum Gasteiger partial charge on any atom is -0.464 e. The zero-order valence-electron chi connectivity index (χ0n) is 14.3. The van der Waals surface area contributed by atoms with Gasteiger partial charge in [0.1, 0.15) is 0 Å². The molecule has 3 rings (SSSR count). The van der Waals surface area contributed by atoms with Gasteiger partial charge in [-0.1, -0.05) is 60.7 Å². The Labute approximate surface area is 153 Å². The fraction of sp³-hybridized carbons (Fsp3) is 0.333. The van der Waals surface area contributed by atoms with E-state index in [9.17, 15) is 4.79 Å². The Hall–Kier alpha value is -2.13. The number of nitrogens with zero attached hydrogens (tertiary/aromatic N) is 1. The summed E-state index contributed by atoms with van der Waals surface area (Å²) in [6.07, 6.45) is 1.46. The van der Waals surface area contributed by atoms with Crippen molar-refractivity contribution < 1.29 is 9.53 Å². The molecule has 0 spiro atoms. The van der Waals surface area contributed by atoms with E-state index >= 15 is 0 Å². The van der Waals surface area contributed by atoms with Crippen molar-refractivity contribution in [2.75, 3.05) is 12.5 Å². The highest BCUT2D eigenvalue weighted by Crippen LogP contribution is 2.51. The Morgan fingerprint density at radius 3 is 2.16 bits per heavy atom. The van der Waals surface area contributed by atoms with Crippen molar-refractivity contribution in [1.29, 1.82) is 0 Å². The maximum absolute atomic E-state index is 12.6. The van der Waals surface area contributed by atoms with Gasteiger partial charge in [0, 0.05) is 17.0 Å². The summed E-state index contributed by atoms with van der Waals surface area (Å²) in [6, 6.07) is 19.9. The summed E-state index contributed by atoms with van der Waals surface area (Å²) in [6.45, 7) is 2.18. The third-order valence-corrected chi connectivity index (χ3v) is 4.78. The molecule has 0 amide bonds. The normalized spacial score (nSPS) is 21.4. The van der Waals surface area contributed by atoms with Crippen LogP contribution in [0.4, 0.5) is 0 Å². The number of esters is 1. The number of alkyl halides is 1. The van der Waals surface area contributed by atoms with Gasteiger partial charge in [0.05, 0.1) is 12.3 Å². The molecule has 1 fully saturated rings. The number of halogens is 1. The number of carbonyl (C=O) groups is 1. The van der Waals surface area contributed by atoms with E-state index in [1.165, 1.54) is 0 Å². The van der Waals surface area contributed by atoms with Crippen LogP contribution in [0.5, 0.6) is 0 Å². The lowest BCUT2D eigenvalue weighted by Gasteiger charge is -2.15. The van der Waals surface area contributed by atoms with Gasteiger partial charge in [-0.25, -0.2) is 4.79 Å². The summed E-state index contributed by atoms with van der Waals surface area (Å²) in [4.78, 5) is 17.6. The molecule has 0 radical (unpaired) electrons. The molecule has 2 aromatic carbocycles. The number of hydrogen-bond donors (Lipinski definition) is 0. The molecule has 1 saturated carbocycles. The zero-order valence-corrected chi connectivity index (χ0v) is 15.1. The van der Waals surface area contributed by atoms with Gasteiger partial charge in [0.2, 0.25) is 0 Å². The highest BCUT2D eigenvalue weighted by molar-refractivity contribution is 6.18. The Kier molecular flexibility index (Phi) is 5.54. The van der Waals surface area contributed by atoms with E-state index in [2.05, 4.69) is 0 Å². The fourth-order valence-electron chi connectivity index (χ4n) is 3.17. The van der Waals surface area contributed by atoms with Crippen LogP contribution in [0.25, 0.3) is 0 Å². The second-order valence-electron chi connectivity index (χ2n) is 6.22. The van der Waals surface area contributed by atoms with E-state index in [0.29, 0.717) is 18.9 Å². The van der Waals surface area contributed by atoms with E-state index in [0.717, 1.165) is 23.3 Å².